The van der Waals surface area contributed by atoms with E-state index < -0.39 is 0 Å². The predicted octanol–water partition coefficient (Wildman–Crippen LogP) is 3.61. The molecule has 0 atom stereocenters. The molecule has 0 radical (unpaired) electrons. The van der Waals surface area contributed by atoms with Gasteiger partial charge in [-0.15, -0.1) is 0 Å². The highest BCUT2D eigenvalue weighted by Crippen LogP contribution is 2.30. The van der Waals surface area contributed by atoms with Gasteiger partial charge in [0.1, 0.15) is 17.6 Å². The van der Waals surface area contributed by atoms with Gasteiger partial charge in [0.2, 0.25) is 5.91 Å². The maximum Gasteiger partial charge on any atom is 0.227 e. The number of hydrogen-bond acceptors (Lipinski definition) is 7. The maximum atomic E-state index is 12.7. The smallest absolute Gasteiger partial charge is 0.227 e. The van der Waals surface area contributed by atoms with Gasteiger partial charge in [0.15, 0.2) is 0 Å². The van der Waals surface area contributed by atoms with Crippen molar-refractivity contribution in [2.45, 2.75) is 13.3 Å². The number of carbonyl (C=O) groups excluding carboxylic acids is 1. The molecule has 3 aromatic heterocycles. The number of pyridine rings is 1. The Hall–Kier alpha value is -4.16. The Bertz CT molecular complexity index is 1440. The molecular formula is C26H24ClN7O2. The molecule has 0 spiro atoms. The number of nitriles is 1. The lowest BCUT2D eigenvalue weighted by Crippen LogP contribution is -2.49. The fourth-order valence-electron chi connectivity index (χ4n) is 4.36. The molecule has 4 aromatic rings. The van der Waals surface area contributed by atoms with Crippen LogP contribution in [0.15, 0.2) is 55.1 Å². The Labute approximate surface area is 213 Å². The molecule has 1 saturated heterocycles. The Kier molecular flexibility index (Phi) is 6.69. The molecule has 182 valence electrons. The Morgan fingerprint density at radius 2 is 1.97 bits per heavy atom. The molecule has 36 heavy (non-hydrogen) atoms. The monoisotopic (exact) mass is 501 g/mol. The standard InChI is InChI=1S/C26H24ClN7O2/c1-2-36-21-12-22(26-19(13-28)14-31-34(26)17-21)23-15-30-24(16-29-23)32-6-8-33(9-7-32)25(35)11-18-4-3-5-20(27)10-18/h3-5,10,12,14-17H,2,6-9,11H2,1H3. The van der Waals surface area contributed by atoms with Crippen LogP contribution >= 0.6 is 11.6 Å². The lowest BCUT2D eigenvalue weighted by atomic mass is 10.1. The highest BCUT2D eigenvalue weighted by Gasteiger charge is 2.23. The van der Waals surface area contributed by atoms with E-state index in [1.807, 2.05) is 36.1 Å². The molecular weight excluding hydrogens is 478 g/mol. The zero-order valence-electron chi connectivity index (χ0n) is 19.8. The number of nitrogens with zero attached hydrogens (tertiary/aromatic N) is 7. The molecule has 1 aromatic carbocycles. The summed E-state index contributed by atoms with van der Waals surface area (Å²) in [5, 5.41) is 14.4. The number of anilines is 1. The van der Waals surface area contributed by atoms with Gasteiger partial charge in [-0.1, -0.05) is 23.7 Å². The Balaban J connectivity index is 1.29. The van der Waals surface area contributed by atoms with E-state index in [-0.39, 0.29) is 5.91 Å². The van der Waals surface area contributed by atoms with Gasteiger partial charge in [-0.2, -0.15) is 10.4 Å². The summed E-state index contributed by atoms with van der Waals surface area (Å²) in [5.74, 6) is 1.47. The van der Waals surface area contributed by atoms with E-state index in [9.17, 15) is 10.1 Å². The van der Waals surface area contributed by atoms with Crippen molar-refractivity contribution < 1.29 is 9.53 Å². The molecule has 10 heteroatoms. The van der Waals surface area contributed by atoms with E-state index in [1.54, 1.807) is 29.2 Å². The molecule has 1 fully saturated rings. The normalized spacial score (nSPS) is 13.6. The largest absolute Gasteiger partial charge is 0.492 e. The van der Waals surface area contributed by atoms with Crippen molar-refractivity contribution in [3.8, 4) is 23.1 Å². The second-order valence-electron chi connectivity index (χ2n) is 8.42. The number of rotatable bonds is 6. The number of carbonyl (C=O) groups is 1. The van der Waals surface area contributed by atoms with Crippen molar-refractivity contribution in [1.29, 1.82) is 5.26 Å². The molecule has 9 nitrogen and oxygen atoms in total. The van der Waals surface area contributed by atoms with Gasteiger partial charge in [-0.25, -0.2) is 9.50 Å². The molecule has 4 heterocycles. The SMILES string of the molecule is CCOc1cc(-c2cnc(N3CCN(C(=O)Cc4cccc(Cl)c4)CC3)cn2)c2c(C#N)cnn2c1. The Morgan fingerprint density at radius 1 is 1.14 bits per heavy atom. The van der Waals surface area contributed by atoms with Crippen LogP contribution in [0.3, 0.4) is 0 Å². The van der Waals surface area contributed by atoms with E-state index in [4.69, 9.17) is 16.3 Å². The molecule has 0 N–H and O–H groups in total. The van der Waals surface area contributed by atoms with Gasteiger partial charge < -0.3 is 14.5 Å². The maximum absolute atomic E-state index is 12.7. The second kappa shape index (κ2) is 10.2. The minimum Gasteiger partial charge on any atom is -0.492 e. The number of halogens is 1. The van der Waals surface area contributed by atoms with E-state index in [0.29, 0.717) is 66.8 Å². The third-order valence-electron chi connectivity index (χ3n) is 6.13. The first-order valence-electron chi connectivity index (χ1n) is 11.7. The quantitative estimate of drug-likeness (QED) is 0.398. The van der Waals surface area contributed by atoms with Crippen molar-refractivity contribution in [3.05, 3.63) is 71.3 Å². The number of ether oxygens (including phenoxy) is 1. The van der Waals surface area contributed by atoms with Crippen molar-refractivity contribution in [2.75, 3.05) is 37.7 Å². The van der Waals surface area contributed by atoms with Crippen LogP contribution in [0.5, 0.6) is 5.75 Å². The second-order valence-corrected chi connectivity index (χ2v) is 8.86. The van der Waals surface area contributed by atoms with Crippen LogP contribution in [-0.4, -0.2) is 63.2 Å². The minimum atomic E-state index is 0.0886. The van der Waals surface area contributed by atoms with Gasteiger partial charge in [0.05, 0.1) is 54.6 Å². The summed E-state index contributed by atoms with van der Waals surface area (Å²) in [6.45, 7) is 4.98. The summed E-state index contributed by atoms with van der Waals surface area (Å²) >= 11 is 6.04. The summed E-state index contributed by atoms with van der Waals surface area (Å²) in [6.07, 6.45) is 7.04. The van der Waals surface area contributed by atoms with Gasteiger partial charge in [0, 0.05) is 36.8 Å². The number of aromatic nitrogens is 4. The number of benzene rings is 1. The average Bonchev–Trinajstić information content (AvgIpc) is 3.32. The minimum absolute atomic E-state index is 0.0886. The topological polar surface area (TPSA) is 99.6 Å². The first-order valence-corrected chi connectivity index (χ1v) is 12.1. The Morgan fingerprint density at radius 3 is 2.67 bits per heavy atom. The molecule has 1 amide bonds. The van der Waals surface area contributed by atoms with E-state index >= 15 is 0 Å². The summed E-state index contributed by atoms with van der Waals surface area (Å²) in [7, 11) is 0. The number of piperazine rings is 1. The lowest BCUT2D eigenvalue weighted by molar-refractivity contribution is -0.130. The van der Waals surface area contributed by atoms with E-state index in [0.717, 1.165) is 16.9 Å². The average molecular weight is 502 g/mol. The van der Waals surface area contributed by atoms with Crippen molar-refractivity contribution >= 4 is 28.8 Å². The van der Waals surface area contributed by atoms with Crippen LogP contribution in [0.2, 0.25) is 5.02 Å². The third kappa shape index (κ3) is 4.81. The molecule has 1 aliphatic rings. The number of fused-ring (bicyclic) bond motifs is 1. The fraction of sp³-hybridized carbons (Fsp3) is 0.269. The molecule has 5 rings (SSSR count). The van der Waals surface area contributed by atoms with Crippen LogP contribution in [0, 0.1) is 11.3 Å². The van der Waals surface area contributed by atoms with Crippen LogP contribution in [-0.2, 0) is 11.2 Å². The van der Waals surface area contributed by atoms with Crippen molar-refractivity contribution in [3.63, 3.8) is 0 Å². The van der Waals surface area contributed by atoms with Crippen LogP contribution in [0.25, 0.3) is 16.8 Å². The van der Waals surface area contributed by atoms with Gasteiger partial charge in [-0.3, -0.25) is 9.78 Å². The van der Waals surface area contributed by atoms with Crippen LogP contribution in [0.1, 0.15) is 18.1 Å². The van der Waals surface area contributed by atoms with Gasteiger partial charge in [-0.05, 0) is 30.7 Å². The molecule has 0 saturated carbocycles. The highest BCUT2D eigenvalue weighted by atomic mass is 35.5. The first kappa shape index (κ1) is 23.6. The lowest BCUT2D eigenvalue weighted by Gasteiger charge is -2.35. The third-order valence-corrected chi connectivity index (χ3v) is 6.37. The number of hydrogen-bond donors (Lipinski definition) is 0. The molecule has 0 unspecified atom stereocenters. The van der Waals surface area contributed by atoms with Crippen LogP contribution in [0.4, 0.5) is 5.82 Å². The van der Waals surface area contributed by atoms with Crippen molar-refractivity contribution in [1.82, 2.24) is 24.5 Å². The van der Waals surface area contributed by atoms with Gasteiger partial charge in [0.25, 0.3) is 0 Å². The van der Waals surface area contributed by atoms with Gasteiger partial charge >= 0.3 is 0 Å². The zero-order valence-corrected chi connectivity index (χ0v) is 20.5. The predicted molar refractivity (Wildman–Crippen MR) is 136 cm³/mol. The molecule has 0 aliphatic carbocycles. The molecule has 0 bridgehead atoms. The number of amides is 1. The van der Waals surface area contributed by atoms with E-state index in [2.05, 4.69) is 26.0 Å². The van der Waals surface area contributed by atoms with E-state index in [1.165, 1.54) is 6.20 Å². The summed E-state index contributed by atoms with van der Waals surface area (Å²) in [6, 6.07) is 11.4. The first-order chi connectivity index (χ1) is 17.6. The fourth-order valence-corrected chi connectivity index (χ4v) is 4.57. The zero-order chi connectivity index (χ0) is 25.1. The summed E-state index contributed by atoms with van der Waals surface area (Å²) in [5.41, 5.74) is 3.38. The summed E-state index contributed by atoms with van der Waals surface area (Å²) in [4.78, 5) is 26.0. The molecule has 1 aliphatic heterocycles. The summed E-state index contributed by atoms with van der Waals surface area (Å²) < 4.78 is 7.30. The van der Waals surface area contributed by atoms with Crippen LogP contribution < -0.4 is 9.64 Å². The highest BCUT2D eigenvalue weighted by molar-refractivity contribution is 6.30. The van der Waals surface area contributed by atoms with Crippen molar-refractivity contribution in [2.24, 2.45) is 0 Å².